The van der Waals surface area contributed by atoms with Crippen LogP contribution >= 0.6 is 0 Å². The van der Waals surface area contributed by atoms with Gasteiger partial charge in [-0.1, -0.05) is 0 Å². The van der Waals surface area contributed by atoms with Gasteiger partial charge in [-0.15, -0.1) is 0 Å². The third-order valence-corrected chi connectivity index (χ3v) is 3.57. The highest BCUT2D eigenvalue weighted by Gasteiger charge is 2.33. The first kappa shape index (κ1) is 15.0. The zero-order chi connectivity index (χ0) is 15.6. The van der Waals surface area contributed by atoms with Crippen molar-refractivity contribution in [3.05, 3.63) is 27.8 Å². The molecule has 1 aromatic carbocycles. The van der Waals surface area contributed by atoms with E-state index in [1.165, 1.54) is 12.0 Å². The molecule has 1 amide bonds. The van der Waals surface area contributed by atoms with Gasteiger partial charge in [-0.2, -0.15) is 0 Å². The Hall–Kier alpha value is -2.35. The zero-order valence-electron chi connectivity index (χ0n) is 11.5. The number of aliphatic hydroxyl groups excluding tert-OH is 1. The lowest BCUT2D eigenvalue weighted by atomic mass is 10.1. The molecule has 21 heavy (non-hydrogen) atoms. The second kappa shape index (κ2) is 5.96. The number of hydrogen-bond donors (Lipinski definition) is 2. The maximum atomic E-state index is 12.5. The van der Waals surface area contributed by atoms with E-state index in [0.717, 1.165) is 18.6 Å². The number of likely N-dealkylation sites (tertiary alicyclic amines) is 1. The van der Waals surface area contributed by atoms with Crippen LogP contribution in [0.3, 0.4) is 0 Å². The minimum atomic E-state index is -0.726. The van der Waals surface area contributed by atoms with Crippen LogP contribution in [0.2, 0.25) is 0 Å². The van der Waals surface area contributed by atoms with Gasteiger partial charge in [0.15, 0.2) is 11.5 Å². The predicted molar refractivity (Wildman–Crippen MR) is 72.5 cm³/mol. The molecule has 1 aromatic rings. The summed E-state index contributed by atoms with van der Waals surface area (Å²) in [7, 11) is 1.29. The first-order valence-corrected chi connectivity index (χ1v) is 6.46. The number of aliphatic hydroxyl groups is 1. The maximum absolute atomic E-state index is 12.5. The van der Waals surface area contributed by atoms with Gasteiger partial charge in [-0.3, -0.25) is 14.9 Å². The summed E-state index contributed by atoms with van der Waals surface area (Å²) in [4.78, 5) is 24.3. The summed E-state index contributed by atoms with van der Waals surface area (Å²) in [5.74, 6) is -0.957. The fraction of sp³-hybridized carbons (Fsp3) is 0.462. The van der Waals surface area contributed by atoms with Gasteiger partial charge in [-0.05, 0) is 12.8 Å². The van der Waals surface area contributed by atoms with Crippen LogP contribution in [0.1, 0.15) is 23.2 Å². The number of nitro benzene ring substituents is 1. The van der Waals surface area contributed by atoms with Crippen molar-refractivity contribution >= 4 is 11.6 Å². The van der Waals surface area contributed by atoms with Crippen molar-refractivity contribution in [2.45, 2.75) is 18.9 Å². The number of carbonyl (C=O) groups excluding carboxylic acids is 1. The van der Waals surface area contributed by atoms with Crippen molar-refractivity contribution in [1.82, 2.24) is 4.90 Å². The summed E-state index contributed by atoms with van der Waals surface area (Å²) < 4.78 is 4.89. The molecule has 1 fully saturated rings. The first-order valence-electron chi connectivity index (χ1n) is 6.46. The van der Waals surface area contributed by atoms with Crippen LogP contribution in [-0.2, 0) is 0 Å². The van der Waals surface area contributed by atoms with Crippen LogP contribution in [0.25, 0.3) is 0 Å². The second-order valence-electron chi connectivity index (χ2n) is 4.78. The highest BCUT2D eigenvalue weighted by molar-refractivity contribution is 5.99. The molecule has 0 aromatic heterocycles. The molecule has 0 radical (unpaired) electrons. The monoisotopic (exact) mass is 296 g/mol. The number of nitro groups is 1. The third kappa shape index (κ3) is 2.75. The van der Waals surface area contributed by atoms with Gasteiger partial charge >= 0.3 is 0 Å². The predicted octanol–water partition coefficient (Wildman–Crippen LogP) is 0.906. The van der Waals surface area contributed by atoms with Crippen molar-refractivity contribution in [3.8, 4) is 11.5 Å². The van der Waals surface area contributed by atoms with E-state index in [2.05, 4.69) is 0 Å². The van der Waals surface area contributed by atoms with Gasteiger partial charge in [-0.25, -0.2) is 0 Å². The molecule has 1 aliphatic heterocycles. The van der Waals surface area contributed by atoms with E-state index in [1.807, 2.05) is 0 Å². The van der Waals surface area contributed by atoms with E-state index < -0.39 is 22.3 Å². The number of carbonyl (C=O) groups is 1. The number of rotatable bonds is 4. The van der Waals surface area contributed by atoms with Gasteiger partial charge < -0.3 is 19.8 Å². The first-order chi connectivity index (χ1) is 9.99. The average Bonchev–Trinajstić information content (AvgIpc) is 2.94. The summed E-state index contributed by atoms with van der Waals surface area (Å²) in [5, 5.41) is 30.0. The number of methoxy groups -OCH3 is 1. The fourth-order valence-corrected chi connectivity index (χ4v) is 2.49. The number of amides is 1. The van der Waals surface area contributed by atoms with Crippen LogP contribution in [0.5, 0.6) is 11.5 Å². The third-order valence-electron chi connectivity index (χ3n) is 3.57. The molecule has 1 aliphatic rings. The maximum Gasteiger partial charge on any atom is 0.286 e. The summed E-state index contributed by atoms with van der Waals surface area (Å²) in [6.07, 6.45) is 1.39. The van der Waals surface area contributed by atoms with E-state index in [0.29, 0.717) is 13.0 Å². The molecule has 2 N–H and O–H groups in total. The lowest BCUT2D eigenvalue weighted by Gasteiger charge is -2.23. The molecule has 0 bridgehead atoms. The van der Waals surface area contributed by atoms with Crippen LogP contribution in [0.4, 0.5) is 5.69 Å². The number of phenolic OH excluding ortho intramolecular Hbond substituents is 1. The largest absolute Gasteiger partial charge is 0.504 e. The number of ether oxygens (including phenoxy) is 1. The molecule has 1 saturated heterocycles. The van der Waals surface area contributed by atoms with Crippen LogP contribution in [0.15, 0.2) is 12.1 Å². The van der Waals surface area contributed by atoms with Gasteiger partial charge in [0.2, 0.25) is 0 Å². The van der Waals surface area contributed by atoms with E-state index in [1.54, 1.807) is 0 Å². The molecule has 0 saturated carbocycles. The standard InChI is InChI=1S/C13H16N2O6/c1-21-12-5-9(10(15(19)20)6-11(12)17)13(18)14-4-2-3-8(14)7-16/h5-6,8,16-17H,2-4,7H2,1H3/t8-/m0/s1. The van der Waals surface area contributed by atoms with E-state index in [-0.39, 0.29) is 24.0 Å². The molecular formula is C13H16N2O6. The molecule has 8 heteroatoms. The molecule has 0 aliphatic carbocycles. The number of benzene rings is 1. The highest BCUT2D eigenvalue weighted by atomic mass is 16.6. The van der Waals surface area contributed by atoms with Crippen molar-refractivity contribution < 1.29 is 24.7 Å². The summed E-state index contributed by atoms with van der Waals surface area (Å²) in [5.41, 5.74) is -0.642. The van der Waals surface area contributed by atoms with Gasteiger partial charge in [0.05, 0.1) is 30.7 Å². The van der Waals surface area contributed by atoms with Crippen molar-refractivity contribution in [2.24, 2.45) is 0 Å². The normalized spacial score (nSPS) is 17.8. The van der Waals surface area contributed by atoms with E-state index >= 15 is 0 Å². The molecule has 2 rings (SSSR count). The lowest BCUT2D eigenvalue weighted by molar-refractivity contribution is -0.385. The minimum Gasteiger partial charge on any atom is -0.504 e. The molecule has 1 atom stereocenters. The van der Waals surface area contributed by atoms with Crippen LogP contribution in [0, 0.1) is 10.1 Å². The molecular weight excluding hydrogens is 280 g/mol. The van der Waals surface area contributed by atoms with Crippen LogP contribution in [-0.4, -0.2) is 52.2 Å². The van der Waals surface area contributed by atoms with Gasteiger partial charge in [0.25, 0.3) is 11.6 Å². The molecule has 0 spiro atoms. The highest BCUT2D eigenvalue weighted by Crippen LogP contribution is 2.35. The topological polar surface area (TPSA) is 113 Å². The van der Waals surface area contributed by atoms with Crippen molar-refractivity contribution in [3.63, 3.8) is 0 Å². The SMILES string of the molecule is COc1cc(C(=O)N2CCC[C@H]2CO)c([N+](=O)[O-])cc1O. The van der Waals surface area contributed by atoms with Crippen LogP contribution < -0.4 is 4.74 Å². The smallest absolute Gasteiger partial charge is 0.286 e. The Morgan fingerprint density at radius 3 is 2.86 bits per heavy atom. The summed E-state index contributed by atoms with van der Waals surface area (Å²) in [6, 6.07) is 1.72. The molecule has 8 nitrogen and oxygen atoms in total. The second-order valence-corrected chi connectivity index (χ2v) is 4.78. The molecule has 114 valence electrons. The van der Waals surface area contributed by atoms with Gasteiger partial charge in [0.1, 0.15) is 5.56 Å². The Kier molecular flexibility index (Phi) is 4.27. The minimum absolute atomic E-state index is 0.0105. The number of phenols is 1. The number of hydrogen-bond acceptors (Lipinski definition) is 6. The molecule has 1 heterocycles. The quantitative estimate of drug-likeness (QED) is 0.630. The Balaban J connectivity index is 2.46. The fourth-order valence-electron chi connectivity index (χ4n) is 2.49. The zero-order valence-corrected chi connectivity index (χ0v) is 11.5. The van der Waals surface area contributed by atoms with Gasteiger partial charge in [0, 0.05) is 12.6 Å². The Labute approximate surface area is 120 Å². The number of aromatic hydroxyl groups is 1. The Bertz CT molecular complexity index is 574. The Morgan fingerprint density at radius 1 is 1.57 bits per heavy atom. The van der Waals surface area contributed by atoms with Crippen molar-refractivity contribution in [2.75, 3.05) is 20.3 Å². The summed E-state index contributed by atoms with van der Waals surface area (Å²) in [6.45, 7) is 0.249. The average molecular weight is 296 g/mol. The lowest BCUT2D eigenvalue weighted by Crippen LogP contribution is -2.37. The summed E-state index contributed by atoms with van der Waals surface area (Å²) >= 11 is 0. The van der Waals surface area contributed by atoms with E-state index in [4.69, 9.17) is 4.74 Å². The molecule has 0 unspecified atom stereocenters. The van der Waals surface area contributed by atoms with Crippen molar-refractivity contribution in [1.29, 1.82) is 0 Å². The Morgan fingerprint density at radius 2 is 2.29 bits per heavy atom. The number of nitrogens with zero attached hydrogens (tertiary/aromatic N) is 2. The van der Waals surface area contributed by atoms with E-state index in [9.17, 15) is 25.1 Å².